The Morgan fingerprint density at radius 1 is 1.19 bits per heavy atom. The first kappa shape index (κ1) is 17.7. The minimum Gasteiger partial charge on any atom is -0.435 e. The number of fused-ring (bicyclic) bond motifs is 1. The van der Waals surface area contributed by atoms with Gasteiger partial charge in [0.1, 0.15) is 12.3 Å². The van der Waals surface area contributed by atoms with Crippen LogP contribution in [0.2, 0.25) is 0 Å². The van der Waals surface area contributed by atoms with E-state index in [2.05, 4.69) is 10.1 Å². The first-order valence-corrected chi connectivity index (χ1v) is 7.86. The van der Waals surface area contributed by atoms with E-state index in [9.17, 15) is 18.4 Å². The van der Waals surface area contributed by atoms with E-state index in [0.29, 0.717) is 16.7 Å². The monoisotopic (exact) mass is 362 g/mol. The van der Waals surface area contributed by atoms with E-state index in [4.69, 9.17) is 4.42 Å². The van der Waals surface area contributed by atoms with Crippen molar-refractivity contribution in [3.63, 3.8) is 0 Å². The number of oxazole rings is 1. The molecular weight excluding hydrogens is 346 g/mol. The lowest BCUT2D eigenvalue weighted by Gasteiger charge is -2.15. The van der Waals surface area contributed by atoms with Crippen LogP contribution in [0, 0.1) is 0 Å². The highest BCUT2D eigenvalue weighted by atomic mass is 19.3. The predicted molar refractivity (Wildman–Crippen MR) is 90.1 cm³/mol. The molecule has 1 amide bonds. The van der Waals surface area contributed by atoms with Crippen molar-refractivity contribution in [2.24, 2.45) is 0 Å². The Labute approximate surface area is 147 Å². The summed E-state index contributed by atoms with van der Waals surface area (Å²) in [5.74, 6) is -0.944. The van der Waals surface area contributed by atoms with Gasteiger partial charge < -0.3 is 14.5 Å². The lowest BCUT2D eigenvalue weighted by molar-refractivity contribution is -0.122. The Bertz CT molecular complexity index is 963. The van der Waals surface area contributed by atoms with Crippen LogP contribution in [0.4, 0.5) is 8.78 Å². The molecule has 3 rings (SSSR count). The zero-order chi connectivity index (χ0) is 18.7. The molecule has 1 heterocycles. The number of carbonyl (C=O) groups is 1. The molecule has 136 valence electrons. The number of halogens is 2. The van der Waals surface area contributed by atoms with E-state index in [1.165, 1.54) is 16.7 Å². The molecule has 1 N–H and O–H groups in total. The minimum absolute atomic E-state index is 0.0405. The third-order valence-corrected chi connectivity index (χ3v) is 3.86. The first-order chi connectivity index (χ1) is 12.4. The molecule has 26 heavy (non-hydrogen) atoms. The van der Waals surface area contributed by atoms with Gasteiger partial charge in [-0.1, -0.05) is 24.3 Å². The van der Waals surface area contributed by atoms with Crippen LogP contribution < -0.4 is 15.8 Å². The Morgan fingerprint density at radius 2 is 1.88 bits per heavy atom. The van der Waals surface area contributed by atoms with E-state index in [-0.39, 0.29) is 24.2 Å². The van der Waals surface area contributed by atoms with Crippen molar-refractivity contribution in [1.82, 2.24) is 9.88 Å². The van der Waals surface area contributed by atoms with Crippen LogP contribution in [0.3, 0.4) is 0 Å². The summed E-state index contributed by atoms with van der Waals surface area (Å²) in [6, 6.07) is 12.4. The van der Waals surface area contributed by atoms with Crippen LogP contribution >= 0.6 is 0 Å². The zero-order valence-electron chi connectivity index (χ0n) is 13.8. The summed E-state index contributed by atoms with van der Waals surface area (Å²) in [4.78, 5) is 24.2. The SMILES string of the molecule is CC(NC(=O)Cn1c(=O)oc2ccccc21)c1ccc(OC(F)F)cc1. The van der Waals surface area contributed by atoms with Crippen LogP contribution in [0.15, 0.2) is 57.7 Å². The second-order valence-electron chi connectivity index (χ2n) is 5.66. The number of alkyl halides is 2. The Balaban J connectivity index is 1.67. The highest BCUT2D eigenvalue weighted by Gasteiger charge is 2.15. The van der Waals surface area contributed by atoms with Gasteiger partial charge in [0.25, 0.3) is 0 Å². The summed E-state index contributed by atoms with van der Waals surface area (Å²) in [6.45, 7) is -1.33. The molecule has 0 saturated carbocycles. The molecule has 3 aromatic rings. The molecule has 0 bridgehead atoms. The Hall–Kier alpha value is -3.16. The van der Waals surface area contributed by atoms with Gasteiger partial charge in [0.05, 0.1) is 11.6 Å². The average molecular weight is 362 g/mol. The molecule has 0 spiro atoms. The normalized spacial score (nSPS) is 12.3. The summed E-state index contributed by atoms with van der Waals surface area (Å²) in [6.07, 6.45) is 0. The molecule has 0 aliphatic heterocycles. The number of para-hydroxylation sites is 2. The van der Waals surface area contributed by atoms with Gasteiger partial charge >= 0.3 is 12.4 Å². The smallest absolute Gasteiger partial charge is 0.420 e. The molecule has 0 fully saturated rings. The van der Waals surface area contributed by atoms with Gasteiger partial charge in [0.15, 0.2) is 5.58 Å². The molecule has 2 aromatic carbocycles. The van der Waals surface area contributed by atoms with Gasteiger partial charge in [-0.25, -0.2) is 4.79 Å². The maximum absolute atomic E-state index is 12.3. The van der Waals surface area contributed by atoms with Gasteiger partial charge in [-0.05, 0) is 36.8 Å². The number of hydrogen-bond acceptors (Lipinski definition) is 4. The van der Waals surface area contributed by atoms with Crippen molar-refractivity contribution < 1.29 is 22.7 Å². The highest BCUT2D eigenvalue weighted by Crippen LogP contribution is 2.19. The minimum atomic E-state index is -2.89. The zero-order valence-corrected chi connectivity index (χ0v) is 13.8. The van der Waals surface area contributed by atoms with E-state index in [1.54, 1.807) is 43.3 Å². The largest absolute Gasteiger partial charge is 0.435 e. The molecular formula is C18H16F2N2O4. The molecule has 0 aliphatic rings. The third kappa shape index (κ3) is 3.90. The van der Waals surface area contributed by atoms with E-state index < -0.39 is 12.4 Å². The molecule has 6 nitrogen and oxygen atoms in total. The molecule has 0 aliphatic carbocycles. The maximum Gasteiger partial charge on any atom is 0.420 e. The summed E-state index contributed by atoms with van der Waals surface area (Å²) >= 11 is 0. The van der Waals surface area contributed by atoms with Crippen LogP contribution in [0.25, 0.3) is 11.1 Å². The van der Waals surface area contributed by atoms with E-state index >= 15 is 0 Å². The van der Waals surface area contributed by atoms with Crippen molar-refractivity contribution in [3.8, 4) is 5.75 Å². The van der Waals surface area contributed by atoms with E-state index in [0.717, 1.165) is 0 Å². The topological polar surface area (TPSA) is 73.5 Å². The van der Waals surface area contributed by atoms with Crippen molar-refractivity contribution in [2.75, 3.05) is 0 Å². The maximum atomic E-state index is 12.3. The van der Waals surface area contributed by atoms with Crippen molar-refractivity contribution in [3.05, 3.63) is 64.6 Å². The van der Waals surface area contributed by atoms with E-state index in [1.807, 2.05) is 0 Å². The van der Waals surface area contributed by atoms with Crippen LogP contribution in [0.5, 0.6) is 5.75 Å². The standard InChI is InChI=1S/C18H16F2N2O4/c1-11(12-6-8-13(9-7-12)25-17(19)20)21-16(23)10-22-14-4-2-3-5-15(14)26-18(22)24/h2-9,11,17H,10H2,1H3,(H,21,23). The number of ether oxygens (including phenoxy) is 1. The fourth-order valence-electron chi connectivity index (χ4n) is 2.62. The summed E-state index contributed by atoms with van der Waals surface area (Å²) in [7, 11) is 0. The van der Waals surface area contributed by atoms with Gasteiger partial charge in [-0.2, -0.15) is 8.78 Å². The Morgan fingerprint density at radius 3 is 2.58 bits per heavy atom. The first-order valence-electron chi connectivity index (χ1n) is 7.86. The summed E-state index contributed by atoms with van der Waals surface area (Å²) in [5, 5.41) is 2.76. The quantitative estimate of drug-likeness (QED) is 0.731. The van der Waals surface area contributed by atoms with Crippen molar-refractivity contribution in [1.29, 1.82) is 0 Å². The average Bonchev–Trinajstić information content (AvgIpc) is 2.90. The van der Waals surface area contributed by atoms with Gasteiger partial charge in [-0.15, -0.1) is 0 Å². The number of carbonyl (C=O) groups excluding carboxylic acids is 1. The lowest BCUT2D eigenvalue weighted by atomic mass is 10.1. The fraction of sp³-hybridized carbons (Fsp3) is 0.222. The van der Waals surface area contributed by atoms with Crippen molar-refractivity contribution >= 4 is 17.0 Å². The van der Waals surface area contributed by atoms with Gasteiger partial charge in [0.2, 0.25) is 5.91 Å². The number of amides is 1. The number of nitrogens with one attached hydrogen (secondary N) is 1. The van der Waals surface area contributed by atoms with Gasteiger partial charge in [-0.3, -0.25) is 9.36 Å². The van der Waals surface area contributed by atoms with Gasteiger partial charge in [0, 0.05) is 0 Å². The predicted octanol–water partition coefficient (Wildman–Crippen LogP) is 3.07. The second-order valence-corrected chi connectivity index (χ2v) is 5.66. The van der Waals surface area contributed by atoms with Crippen molar-refractivity contribution in [2.45, 2.75) is 26.1 Å². The van der Waals surface area contributed by atoms with Crippen LogP contribution in [0.1, 0.15) is 18.5 Å². The molecule has 1 aromatic heterocycles. The summed E-state index contributed by atoms with van der Waals surface area (Å²) < 4.78 is 34.9. The lowest BCUT2D eigenvalue weighted by Crippen LogP contribution is -2.32. The second kappa shape index (κ2) is 7.38. The number of benzene rings is 2. The number of aromatic nitrogens is 1. The molecule has 1 unspecified atom stereocenters. The molecule has 8 heteroatoms. The number of rotatable bonds is 6. The highest BCUT2D eigenvalue weighted by molar-refractivity contribution is 5.79. The van der Waals surface area contributed by atoms with Crippen LogP contribution in [-0.4, -0.2) is 17.1 Å². The number of hydrogen-bond donors (Lipinski definition) is 1. The third-order valence-electron chi connectivity index (χ3n) is 3.86. The molecule has 0 saturated heterocycles. The molecule has 1 atom stereocenters. The molecule has 0 radical (unpaired) electrons. The van der Waals surface area contributed by atoms with Crippen LogP contribution in [-0.2, 0) is 11.3 Å². The fourth-order valence-corrected chi connectivity index (χ4v) is 2.62. The summed E-state index contributed by atoms with van der Waals surface area (Å²) in [5.41, 5.74) is 1.66. The Kier molecular flexibility index (Phi) is 5.01. The number of nitrogens with zero attached hydrogens (tertiary/aromatic N) is 1.